The summed E-state index contributed by atoms with van der Waals surface area (Å²) in [5.74, 6) is 0.541. The molecule has 0 radical (unpaired) electrons. The third kappa shape index (κ3) is 4.79. The van der Waals surface area contributed by atoms with Crippen molar-refractivity contribution in [3.8, 4) is 11.5 Å². The van der Waals surface area contributed by atoms with Gasteiger partial charge in [0.15, 0.2) is 11.5 Å². The normalized spacial score (nSPS) is 15.2. The zero-order chi connectivity index (χ0) is 19.6. The Labute approximate surface area is 178 Å². The molecular formula is C18H12BrCl2NO4S. The molecule has 2 aromatic rings. The van der Waals surface area contributed by atoms with Crippen molar-refractivity contribution in [1.29, 1.82) is 0 Å². The second kappa shape index (κ2) is 8.56. The van der Waals surface area contributed by atoms with Gasteiger partial charge in [-0.25, -0.2) is 0 Å². The second-order valence-electron chi connectivity index (χ2n) is 5.41. The highest BCUT2D eigenvalue weighted by atomic mass is 79.9. The molecule has 0 aromatic heterocycles. The van der Waals surface area contributed by atoms with Crippen LogP contribution in [0, 0.1) is 0 Å². The minimum absolute atomic E-state index is 0.220. The molecule has 1 aliphatic rings. The van der Waals surface area contributed by atoms with Gasteiger partial charge in [0.1, 0.15) is 6.61 Å². The molecule has 5 nitrogen and oxygen atoms in total. The van der Waals surface area contributed by atoms with Crippen LogP contribution in [0.4, 0.5) is 4.79 Å². The molecule has 1 N–H and O–H groups in total. The van der Waals surface area contributed by atoms with E-state index in [4.69, 9.17) is 32.7 Å². The number of carbonyl (C=O) groups is 2. The molecule has 2 amide bonds. The van der Waals surface area contributed by atoms with Crippen LogP contribution < -0.4 is 14.8 Å². The summed E-state index contributed by atoms with van der Waals surface area (Å²) in [6, 6.07) is 8.66. The largest absolute Gasteiger partial charge is 0.493 e. The quantitative estimate of drug-likeness (QED) is 0.549. The molecule has 1 heterocycles. The van der Waals surface area contributed by atoms with Crippen molar-refractivity contribution in [2.75, 3.05) is 7.11 Å². The van der Waals surface area contributed by atoms with E-state index in [0.29, 0.717) is 36.5 Å². The third-order valence-electron chi connectivity index (χ3n) is 3.58. The summed E-state index contributed by atoms with van der Waals surface area (Å²) in [7, 11) is 1.52. The van der Waals surface area contributed by atoms with Crippen LogP contribution in [0.25, 0.3) is 6.08 Å². The van der Waals surface area contributed by atoms with Gasteiger partial charge in [0.05, 0.1) is 16.5 Å². The van der Waals surface area contributed by atoms with Crippen LogP contribution in [0.1, 0.15) is 11.1 Å². The predicted octanol–water partition coefficient (Wildman–Crippen LogP) is 5.67. The van der Waals surface area contributed by atoms with Crippen molar-refractivity contribution in [3.05, 3.63) is 60.9 Å². The van der Waals surface area contributed by atoms with Gasteiger partial charge in [-0.1, -0.05) is 29.3 Å². The van der Waals surface area contributed by atoms with E-state index in [1.807, 2.05) is 0 Å². The van der Waals surface area contributed by atoms with E-state index >= 15 is 0 Å². The molecular weight excluding hydrogens is 477 g/mol. The molecule has 9 heteroatoms. The summed E-state index contributed by atoms with van der Waals surface area (Å²) in [6.45, 7) is 0.220. The van der Waals surface area contributed by atoms with Crippen LogP contribution >= 0.6 is 50.9 Å². The fraction of sp³-hybridized carbons (Fsp3) is 0.111. The van der Waals surface area contributed by atoms with Crippen LogP contribution in [-0.4, -0.2) is 18.3 Å². The molecule has 1 aliphatic heterocycles. The SMILES string of the molecule is COc1cc(/C=C2\SC(=O)NC2=O)cc(Br)c1OCc1ccc(Cl)cc1Cl. The van der Waals surface area contributed by atoms with E-state index in [1.165, 1.54) is 7.11 Å². The number of rotatable bonds is 5. The first kappa shape index (κ1) is 20.1. The Bertz CT molecular complexity index is 965. The standard InChI is InChI=1S/C18H12BrCl2NO4S/c1-25-14-5-9(6-15-17(23)22-18(24)27-15)4-12(19)16(14)26-8-10-2-3-11(20)7-13(10)21/h2-7H,8H2,1H3,(H,22,23,24)/b15-6-. The number of benzene rings is 2. The Kier molecular flexibility index (Phi) is 6.37. The number of methoxy groups -OCH3 is 1. The number of thioether (sulfide) groups is 1. The average molecular weight is 489 g/mol. The van der Waals surface area contributed by atoms with Crippen LogP contribution in [0.15, 0.2) is 39.7 Å². The fourth-order valence-corrected chi connectivity index (χ4v) is 4.04. The van der Waals surface area contributed by atoms with Gasteiger partial charge in [0, 0.05) is 15.6 Å². The van der Waals surface area contributed by atoms with Gasteiger partial charge >= 0.3 is 0 Å². The zero-order valence-corrected chi connectivity index (χ0v) is 17.8. The lowest BCUT2D eigenvalue weighted by Gasteiger charge is -2.14. The van der Waals surface area contributed by atoms with E-state index in [1.54, 1.807) is 36.4 Å². The minimum atomic E-state index is -0.419. The number of imide groups is 1. The lowest BCUT2D eigenvalue weighted by Crippen LogP contribution is -2.17. The highest BCUT2D eigenvalue weighted by Gasteiger charge is 2.25. The van der Waals surface area contributed by atoms with Gasteiger partial charge in [-0.3, -0.25) is 14.9 Å². The highest BCUT2D eigenvalue weighted by Crippen LogP contribution is 2.39. The fourth-order valence-electron chi connectivity index (χ4n) is 2.32. The molecule has 27 heavy (non-hydrogen) atoms. The molecule has 0 aliphatic carbocycles. The lowest BCUT2D eigenvalue weighted by atomic mass is 10.2. The van der Waals surface area contributed by atoms with Crippen LogP contribution in [0.3, 0.4) is 0 Å². The number of hydrogen-bond acceptors (Lipinski definition) is 5. The van der Waals surface area contributed by atoms with Crippen molar-refractivity contribution < 1.29 is 19.1 Å². The topological polar surface area (TPSA) is 64.6 Å². The summed E-state index contributed by atoms with van der Waals surface area (Å²) in [4.78, 5) is 23.3. The molecule has 2 aromatic carbocycles. The summed E-state index contributed by atoms with van der Waals surface area (Å²) in [6.07, 6.45) is 1.61. The zero-order valence-electron chi connectivity index (χ0n) is 13.8. The number of amides is 2. The van der Waals surface area contributed by atoms with Crippen molar-refractivity contribution in [2.24, 2.45) is 0 Å². The highest BCUT2D eigenvalue weighted by molar-refractivity contribution is 9.10. The molecule has 0 unspecified atom stereocenters. The molecule has 3 rings (SSSR count). The number of nitrogens with one attached hydrogen (secondary N) is 1. The molecule has 140 valence electrons. The first-order valence-corrected chi connectivity index (χ1v) is 9.93. The summed E-state index contributed by atoms with van der Waals surface area (Å²) >= 11 is 16.4. The predicted molar refractivity (Wildman–Crippen MR) is 111 cm³/mol. The molecule has 1 saturated heterocycles. The van der Waals surface area contributed by atoms with Crippen molar-refractivity contribution >= 4 is 68.1 Å². The molecule has 0 bridgehead atoms. The lowest BCUT2D eigenvalue weighted by molar-refractivity contribution is -0.115. The average Bonchev–Trinajstić information content (AvgIpc) is 2.92. The van der Waals surface area contributed by atoms with E-state index < -0.39 is 11.1 Å². The van der Waals surface area contributed by atoms with Crippen molar-refractivity contribution in [2.45, 2.75) is 6.61 Å². The third-order valence-corrected chi connectivity index (χ3v) is 5.57. The van der Waals surface area contributed by atoms with Crippen molar-refractivity contribution in [1.82, 2.24) is 5.32 Å². The minimum Gasteiger partial charge on any atom is -0.493 e. The Morgan fingerprint density at radius 3 is 2.63 bits per heavy atom. The molecule has 0 spiro atoms. The van der Waals surface area contributed by atoms with Gasteiger partial charge in [-0.15, -0.1) is 0 Å². The molecule has 0 saturated carbocycles. The van der Waals surface area contributed by atoms with Gasteiger partial charge in [0.25, 0.3) is 11.1 Å². The first-order valence-electron chi connectivity index (χ1n) is 7.56. The van der Waals surface area contributed by atoms with E-state index in [2.05, 4.69) is 21.2 Å². The maximum Gasteiger partial charge on any atom is 0.290 e. The van der Waals surface area contributed by atoms with Crippen molar-refractivity contribution in [3.63, 3.8) is 0 Å². The van der Waals surface area contributed by atoms with Crippen LogP contribution in [0.2, 0.25) is 10.0 Å². The van der Waals surface area contributed by atoms with Gasteiger partial charge < -0.3 is 9.47 Å². The Hall–Kier alpha value is -1.67. The number of hydrogen-bond donors (Lipinski definition) is 1. The monoisotopic (exact) mass is 487 g/mol. The summed E-state index contributed by atoms with van der Waals surface area (Å²) in [5.41, 5.74) is 1.46. The van der Waals surface area contributed by atoms with E-state index in [9.17, 15) is 9.59 Å². The van der Waals surface area contributed by atoms with E-state index in [0.717, 1.165) is 17.3 Å². The first-order chi connectivity index (χ1) is 12.9. The van der Waals surface area contributed by atoms with Gasteiger partial charge in [-0.05, 0) is 63.6 Å². The smallest absolute Gasteiger partial charge is 0.290 e. The number of halogens is 3. The van der Waals surface area contributed by atoms with E-state index in [-0.39, 0.29) is 6.61 Å². The maximum absolute atomic E-state index is 11.7. The second-order valence-corrected chi connectivity index (χ2v) is 8.12. The van der Waals surface area contributed by atoms with Gasteiger partial charge in [0.2, 0.25) is 0 Å². The Balaban J connectivity index is 1.85. The van der Waals surface area contributed by atoms with Crippen LogP contribution in [0.5, 0.6) is 11.5 Å². The Morgan fingerprint density at radius 1 is 1.22 bits per heavy atom. The number of carbonyl (C=O) groups excluding carboxylic acids is 2. The van der Waals surface area contributed by atoms with Gasteiger partial charge in [-0.2, -0.15) is 0 Å². The molecule has 1 fully saturated rings. The number of ether oxygens (including phenoxy) is 2. The molecule has 0 atom stereocenters. The van der Waals surface area contributed by atoms with Crippen LogP contribution in [-0.2, 0) is 11.4 Å². The summed E-state index contributed by atoms with van der Waals surface area (Å²) in [5, 5.41) is 2.88. The summed E-state index contributed by atoms with van der Waals surface area (Å²) < 4.78 is 11.9. The maximum atomic E-state index is 11.7. The Morgan fingerprint density at radius 2 is 2.00 bits per heavy atom.